The molecule has 7 rings (SSSR count). The highest BCUT2D eigenvalue weighted by Crippen LogP contribution is 2.42. The predicted octanol–water partition coefficient (Wildman–Crippen LogP) is 7.16. The van der Waals surface area contributed by atoms with Gasteiger partial charge in [-0.3, -0.25) is 33.9 Å². The Morgan fingerprint density at radius 3 is 2.46 bits per heavy atom. The lowest BCUT2D eigenvalue weighted by Gasteiger charge is -2.35. The van der Waals surface area contributed by atoms with E-state index < -0.39 is 52.7 Å². The van der Waals surface area contributed by atoms with Gasteiger partial charge >= 0.3 is 5.97 Å². The van der Waals surface area contributed by atoms with Crippen LogP contribution in [-0.4, -0.2) is 136 Å². The highest BCUT2D eigenvalue weighted by Gasteiger charge is 2.46. The topological polar surface area (TPSA) is 179 Å². The zero-order valence-corrected chi connectivity index (χ0v) is 43.8. The fourth-order valence-electron chi connectivity index (χ4n) is 11.1. The molecule has 2 saturated heterocycles. The van der Waals surface area contributed by atoms with E-state index in [-0.39, 0.29) is 62.6 Å². The number of hydrogen-bond donors (Lipinski definition) is 3. The summed E-state index contributed by atoms with van der Waals surface area (Å²) in [7, 11) is 5.17. The Hall–Kier alpha value is -5.91. The van der Waals surface area contributed by atoms with Crippen molar-refractivity contribution in [3.8, 4) is 28.1 Å². The zero-order valence-electron chi connectivity index (χ0n) is 43.8. The molecule has 3 aliphatic rings. The largest absolute Gasteiger partial charge is 0.508 e. The Balaban J connectivity index is 1.25. The second-order valence-corrected chi connectivity index (χ2v) is 21.5. The highest BCUT2D eigenvalue weighted by atomic mass is 19.2. The fourth-order valence-corrected chi connectivity index (χ4v) is 11.1. The van der Waals surface area contributed by atoms with Crippen LogP contribution < -0.4 is 11.0 Å². The number of carbonyl (C=O) groups excluding carboxylic acids is 5. The summed E-state index contributed by atoms with van der Waals surface area (Å²) >= 11 is 0. The number of pyridine rings is 1. The Bertz CT molecular complexity index is 2650. The SMILES string of the molecule is CCn1c(-c2cccnc2[C@H](C)OC)c2c3cc(ccc31)-c1cc(O)cc(c1)C[C@H](NC(=O)C(C(C)C)N(C)C(=O)[C@H]1CCN(C(=O)[C@]3(C)CCCN3C)C1)C(=O)N(NF)CCCCC(=O)OCC(C)(C)C2. The van der Waals surface area contributed by atoms with Crippen LogP contribution in [0.3, 0.4) is 0 Å². The molecule has 4 aromatic rings. The number of hydrogen-bond acceptors (Lipinski definition) is 11. The van der Waals surface area contributed by atoms with Crippen molar-refractivity contribution in [2.45, 2.75) is 130 Å². The molecule has 2 fully saturated rings. The number of phenolic OH excluding ortho intramolecular Hbond substituents is 1. The van der Waals surface area contributed by atoms with Crippen molar-refractivity contribution in [2.75, 3.05) is 54.0 Å². The minimum absolute atomic E-state index is 0.00149. The minimum Gasteiger partial charge on any atom is -0.508 e. The maximum atomic E-state index is 14.8. The van der Waals surface area contributed by atoms with E-state index in [2.05, 4.69) is 53.8 Å². The quantitative estimate of drug-likeness (QED) is 0.103. The Kier molecular flexibility index (Phi) is 16.8. The first kappa shape index (κ1) is 53.9. The van der Waals surface area contributed by atoms with E-state index in [4.69, 9.17) is 14.5 Å². The van der Waals surface area contributed by atoms with Crippen molar-refractivity contribution in [1.29, 1.82) is 0 Å². The van der Waals surface area contributed by atoms with Gasteiger partial charge in [0.05, 0.1) is 35.6 Å². The summed E-state index contributed by atoms with van der Waals surface area (Å²) in [5.74, 6) is -3.11. The van der Waals surface area contributed by atoms with Crippen LogP contribution in [0.15, 0.2) is 54.7 Å². The normalized spacial score (nSPS) is 22.3. The molecule has 5 atom stereocenters. The molecule has 17 heteroatoms. The van der Waals surface area contributed by atoms with Crippen molar-refractivity contribution in [3.63, 3.8) is 0 Å². The molecule has 2 aromatic carbocycles. The van der Waals surface area contributed by atoms with Gasteiger partial charge < -0.3 is 34.3 Å². The van der Waals surface area contributed by atoms with Crippen LogP contribution in [0.2, 0.25) is 0 Å². The fraction of sp³-hybridized carbons (Fsp3) is 0.564. The van der Waals surface area contributed by atoms with Gasteiger partial charge in [-0.1, -0.05) is 45.5 Å². The molecule has 0 aliphatic carbocycles. The van der Waals surface area contributed by atoms with E-state index >= 15 is 0 Å². The average molecular weight is 995 g/mol. The lowest BCUT2D eigenvalue weighted by molar-refractivity contribution is -0.147. The molecule has 5 heterocycles. The number of likely N-dealkylation sites (tertiary alicyclic amines) is 2. The van der Waals surface area contributed by atoms with Crippen LogP contribution >= 0.6 is 0 Å². The lowest BCUT2D eigenvalue weighted by atomic mass is 9.84. The van der Waals surface area contributed by atoms with Crippen LogP contribution in [0.25, 0.3) is 33.3 Å². The van der Waals surface area contributed by atoms with Gasteiger partial charge in [-0.25, -0.2) is 5.01 Å². The van der Waals surface area contributed by atoms with Gasteiger partial charge in [-0.2, -0.15) is 0 Å². The number of benzene rings is 2. The van der Waals surface area contributed by atoms with Gasteiger partial charge in [0.1, 0.15) is 17.8 Å². The second-order valence-electron chi connectivity index (χ2n) is 21.5. The average Bonchev–Trinajstić information content (AvgIpc) is 4.07. The number of cyclic esters (lactones) is 1. The second kappa shape index (κ2) is 22.5. The number of nitrogens with one attached hydrogen (secondary N) is 2. The van der Waals surface area contributed by atoms with Gasteiger partial charge in [0.25, 0.3) is 5.91 Å². The van der Waals surface area contributed by atoms with E-state index in [0.29, 0.717) is 43.5 Å². The van der Waals surface area contributed by atoms with Gasteiger partial charge in [0.2, 0.25) is 17.7 Å². The molecule has 4 amide bonds. The molecule has 2 aromatic heterocycles. The van der Waals surface area contributed by atoms with Crippen LogP contribution in [0.4, 0.5) is 4.48 Å². The number of aryl methyl sites for hydroxylation is 1. The monoisotopic (exact) mass is 995 g/mol. The van der Waals surface area contributed by atoms with E-state index in [9.17, 15) is 33.6 Å². The van der Waals surface area contributed by atoms with Crippen molar-refractivity contribution < 1.29 is 43.0 Å². The standard InChI is InChI=1S/C55H75FN8O8/c1-11-63-45-19-18-37-30-42(45)43(49(63)41-16-14-22-57-47(41)35(4)71-10)31-54(5,6)33-72-46(66)17-12-13-24-64(59-56)52(69)44(28-36-26-39(37)29-40(65)27-36)58-50(67)48(34(2)3)61(9)51(68)38-20-25-62(32-38)53(70)55(7)21-15-23-60(55)8/h14,16,18-19,22,26-27,29-30,34-35,38,44,48,59,65H,11-13,15,17,20-21,23-25,28,31-33H2,1-10H3,(H,58,67)/t35-,38-,44-,48?,55-/m0/s1. The zero-order chi connectivity index (χ0) is 52.2. The third-order valence-electron chi connectivity index (χ3n) is 15.3. The minimum atomic E-state index is -1.36. The van der Waals surface area contributed by atoms with E-state index in [1.54, 1.807) is 31.3 Å². The number of amides is 4. The maximum Gasteiger partial charge on any atom is 0.305 e. The molecule has 16 nitrogen and oxygen atoms in total. The van der Waals surface area contributed by atoms with Crippen molar-refractivity contribution in [3.05, 3.63) is 71.5 Å². The summed E-state index contributed by atoms with van der Waals surface area (Å²) in [5.41, 5.74) is 6.95. The number of esters is 1. The highest BCUT2D eigenvalue weighted by molar-refractivity contribution is 5.96. The molecular formula is C55H75FN8O8. The van der Waals surface area contributed by atoms with Crippen LogP contribution in [0.5, 0.6) is 5.75 Å². The third-order valence-corrected chi connectivity index (χ3v) is 15.3. The molecule has 0 spiro atoms. The smallest absolute Gasteiger partial charge is 0.305 e. The third kappa shape index (κ3) is 11.3. The number of hydrazine groups is 1. The molecular weight excluding hydrogens is 920 g/mol. The van der Waals surface area contributed by atoms with Crippen molar-refractivity contribution >= 4 is 40.5 Å². The summed E-state index contributed by atoms with van der Waals surface area (Å²) in [6.07, 6.45) is 4.51. The summed E-state index contributed by atoms with van der Waals surface area (Å²) in [6.45, 7) is 15.9. The first-order valence-electron chi connectivity index (χ1n) is 25.6. The molecule has 1 unspecified atom stereocenters. The summed E-state index contributed by atoms with van der Waals surface area (Å²) in [4.78, 5) is 80.4. The number of halogens is 1. The van der Waals surface area contributed by atoms with Gasteiger partial charge in [-0.05, 0) is 137 Å². The van der Waals surface area contributed by atoms with E-state index in [1.165, 1.54) is 16.6 Å². The molecule has 4 bridgehead atoms. The molecule has 72 heavy (non-hydrogen) atoms. The first-order valence-corrected chi connectivity index (χ1v) is 25.6. The van der Waals surface area contributed by atoms with E-state index in [0.717, 1.165) is 63.4 Å². The Morgan fingerprint density at radius 1 is 1.01 bits per heavy atom. The molecule has 0 saturated carbocycles. The number of fused-ring (bicyclic) bond motifs is 4. The summed E-state index contributed by atoms with van der Waals surface area (Å²) in [5, 5.41) is 16.0. The molecule has 0 radical (unpaired) electrons. The molecule has 3 N–H and O–H groups in total. The molecule has 390 valence electrons. The number of phenols is 1. The number of methoxy groups -OCH3 is 1. The number of rotatable bonds is 11. The van der Waals surface area contributed by atoms with Gasteiger partial charge in [0.15, 0.2) is 0 Å². The first-order chi connectivity index (χ1) is 34.2. The number of aromatic hydroxyl groups is 1. The van der Waals surface area contributed by atoms with Crippen LogP contribution in [0.1, 0.15) is 110 Å². The number of likely N-dealkylation sites (N-methyl/N-ethyl adjacent to an activating group) is 2. The summed E-state index contributed by atoms with van der Waals surface area (Å²) in [6, 6.07) is 12.7. The van der Waals surface area contributed by atoms with Crippen molar-refractivity contribution in [2.24, 2.45) is 17.3 Å². The summed E-state index contributed by atoms with van der Waals surface area (Å²) < 4.78 is 28.7. The number of carbonyl (C=O) groups is 5. The van der Waals surface area contributed by atoms with E-state index in [1.807, 2.05) is 52.9 Å². The molecule has 3 aliphatic heterocycles. The lowest BCUT2D eigenvalue weighted by Crippen LogP contribution is -2.58. The van der Waals surface area contributed by atoms with Crippen LogP contribution in [-0.2, 0) is 52.8 Å². The Morgan fingerprint density at radius 2 is 1.78 bits per heavy atom. The van der Waals surface area contributed by atoms with Gasteiger partial charge in [0, 0.05) is 81.3 Å². The Labute approximate surface area is 423 Å². The van der Waals surface area contributed by atoms with Crippen LogP contribution in [0, 0.1) is 17.3 Å². The van der Waals surface area contributed by atoms with Gasteiger partial charge in [-0.15, -0.1) is 4.48 Å². The predicted molar refractivity (Wildman–Crippen MR) is 274 cm³/mol. The number of aromatic nitrogens is 2. The number of nitrogens with zero attached hydrogens (tertiary/aromatic N) is 6. The van der Waals surface area contributed by atoms with Crippen molar-refractivity contribution in [1.82, 2.24) is 40.2 Å². The number of ether oxygens (including phenoxy) is 2. The maximum absolute atomic E-state index is 14.8.